The smallest absolute Gasteiger partial charge is 0.227 e. The van der Waals surface area contributed by atoms with Crippen LogP contribution in [0.15, 0.2) is 29.3 Å². The van der Waals surface area contributed by atoms with Gasteiger partial charge in [-0.15, -0.1) is 0 Å². The lowest BCUT2D eigenvalue weighted by molar-refractivity contribution is -0.129. The maximum absolute atomic E-state index is 12.4. The molecule has 1 aliphatic heterocycles. The van der Waals surface area contributed by atoms with Gasteiger partial charge < -0.3 is 20.9 Å². The van der Waals surface area contributed by atoms with Gasteiger partial charge in [0.25, 0.3) is 0 Å². The van der Waals surface area contributed by atoms with Crippen LogP contribution in [-0.2, 0) is 16.1 Å². The van der Waals surface area contributed by atoms with Crippen LogP contribution in [0.4, 0.5) is 5.69 Å². The second kappa shape index (κ2) is 11.0. The second-order valence-corrected chi connectivity index (χ2v) is 8.19. The summed E-state index contributed by atoms with van der Waals surface area (Å²) in [6, 6.07) is 8.13. The Morgan fingerprint density at radius 1 is 1.17 bits per heavy atom. The molecule has 7 nitrogen and oxygen atoms in total. The van der Waals surface area contributed by atoms with Crippen LogP contribution in [0, 0.1) is 5.92 Å². The Labute approximate surface area is 179 Å². The summed E-state index contributed by atoms with van der Waals surface area (Å²) in [5, 5.41) is 9.80. The molecule has 3 N–H and O–H groups in total. The van der Waals surface area contributed by atoms with Crippen LogP contribution in [0.1, 0.15) is 57.9 Å². The third-order valence-electron chi connectivity index (χ3n) is 5.87. The number of nitrogens with one attached hydrogen (secondary N) is 3. The van der Waals surface area contributed by atoms with E-state index < -0.39 is 0 Å². The molecule has 0 aromatic heterocycles. The molecule has 1 saturated carbocycles. The zero-order valence-electron chi connectivity index (χ0n) is 18.2. The largest absolute Gasteiger partial charge is 0.357 e. The van der Waals surface area contributed by atoms with Crippen molar-refractivity contribution in [1.82, 2.24) is 15.5 Å². The fourth-order valence-electron chi connectivity index (χ4n) is 4.19. The molecule has 2 aliphatic rings. The van der Waals surface area contributed by atoms with E-state index in [1.54, 1.807) is 0 Å². The quantitative estimate of drug-likeness (QED) is 0.474. The van der Waals surface area contributed by atoms with Gasteiger partial charge in [-0.1, -0.05) is 31.9 Å². The molecule has 164 valence electrons. The van der Waals surface area contributed by atoms with Crippen LogP contribution in [0.3, 0.4) is 0 Å². The van der Waals surface area contributed by atoms with Crippen LogP contribution in [-0.4, -0.2) is 48.3 Å². The number of amides is 2. The molecule has 2 amide bonds. The second-order valence-electron chi connectivity index (χ2n) is 8.19. The predicted octanol–water partition coefficient (Wildman–Crippen LogP) is 2.88. The highest BCUT2D eigenvalue weighted by Crippen LogP contribution is 2.26. The highest BCUT2D eigenvalue weighted by atomic mass is 16.2. The number of guanidine groups is 1. The minimum Gasteiger partial charge on any atom is -0.357 e. The maximum Gasteiger partial charge on any atom is 0.227 e. The van der Waals surface area contributed by atoms with Crippen molar-refractivity contribution in [3.05, 3.63) is 29.8 Å². The summed E-state index contributed by atoms with van der Waals surface area (Å²) in [4.78, 5) is 30.9. The van der Waals surface area contributed by atoms with Gasteiger partial charge in [0.2, 0.25) is 11.8 Å². The van der Waals surface area contributed by atoms with Crippen molar-refractivity contribution in [1.29, 1.82) is 0 Å². The fourth-order valence-corrected chi connectivity index (χ4v) is 4.19. The third kappa shape index (κ3) is 6.21. The molecule has 1 saturated heterocycles. The van der Waals surface area contributed by atoms with Crippen molar-refractivity contribution < 1.29 is 9.59 Å². The summed E-state index contributed by atoms with van der Waals surface area (Å²) in [7, 11) is 0. The molecule has 0 spiro atoms. The first kappa shape index (κ1) is 22.1. The first-order chi connectivity index (χ1) is 14.6. The van der Waals surface area contributed by atoms with Gasteiger partial charge in [0.15, 0.2) is 5.96 Å². The average Bonchev–Trinajstić information content (AvgIpc) is 3.44. The van der Waals surface area contributed by atoms with E-state index in [0.29, 0.717) is 13.0 Å². The number of carbonyl (C=O) groups is 2. The minimum absolute atomic E-state index is 0.135. The Balaban J connectivity index is 1.56. The number of aliphatic imine (C=N–C) groups is 1. The highest BCUT2D eigenvalue weighted by molar-refractivity contribution is 5.92. The predicted molar refractivity (Wildman–Crippen MR) is 120 cm³/mol. The number of benzene rings is 1. The van der Waals surface area contributed by atoms with Crippen molar-refractivity contribution in [3.8, 4) is 0 Å². The third-order valence-corrected chi connectivity index (χ3v) is 5.87. The lowest BCUT2D eigenvalue weighted by Gasteiger charge is -2.18. The van der Waals surface area contributed by atoms with E-state index in [-0.39, 0.29) is 23.8 Å². The monoisotopic (exact) mass is 413 g/mol. The summed E-state index contributed by atoms with van der Waals surface area (Å²) in [6.07, 6.45) is 5.77. The summed E-state index contributed by atoms with van der Waals surface area (Å²) in [5.41, 5.74) is 1.88. The normalized spacial score (nSPS) is 19.7. The lowest BCUT2D eigenvalue weighted by atomic mass is 10.1. The van der Waals surface area contributed by atoms with Crippen LogP contribution in [0.5, 0.6) is 0 Å². The zero-order chi connectivity index (χ0) is 21.3. The molecule has 1 heterocycles. The fraction of sp³-hybridized carbons (Fsp3) is 0.609. The van der Waals surface area contributed by atoms with Crippen LogP contribution < -0.4 is 16.0 Å². The molecular formula is C23H35N5O2. The Morgan fingerprint density at radius 3 is 2.70 bits per heavy atom. The van der Waals surface area contributed by atoms with E-state index >= 15 is 0 Å². The molecule has 1 aromatic carbocycles. The van der Waals surface area contributed by atoms with E-state index in [2.05, 4.69) is 16.0 Å². The average molecular weight is 414 g/mol. The van der Waals surface area contributed by atoms with Gasteiger partial charge in [0.05, 0.1) is 6.54 Å². The number of hydrogen-bond donors (Lipinski definition) is 3. The first-order valence-electron chi connectivity index (χ1n) is 11.3. The number of rotatable bonds is 7. The van der Waals surface area contributed by atoms with Gasteiger partial charge in [-0.25, -0.2) is 4.99 Å². The summed E-state index contributed by atoms with van der Waals surface area (Å²) < 4.78 is 0. The first-order valence-corrected chi connectivity index (χ1v) is 11.3. The van der Waals surface area contributed by atoms with Gasteiger partial charge >= 0.3 is 0 Å². The Hall–Kier alpha value is -2.57. The summed E-state index contributed by atoms with van der Waals surface area (Å²) >= 11 is 0. The maximum atomic E-state index is 12.4. The number of anilines is 1. The Kier molecular flexibility index (Phi) is 8.11. The molecule has 3 rings (SSSR count). The summed E-state index contributed by atoms with van der Waals surface area (Å²) in [6.45, 7) is 6.75. The molecule has 30 heavy (non-hydrogen) atoms. The van der Waals surface area contributed by atoms with Crippen LogP contribution in [0.25, 0.3) is 0 Å². The zero-order valence-corrected chi connectivity index (χ0v) is 18.2. The molecule has 2 fully saturated rings. The van der Waals surface area contributed by atoms with Crippen molar-refractivity contribution in [2.75, 3.05) is 25.0 Å². The number of nitrogens with zero attached hydrogens (tertiary/aromatic N) is 2. The Morgan fingerprint density at radius 2 is 1.97 bits per heavy atom. The lowest BCUT2D eigenvalue weighted by Crippen LogP contribution is -2.45. The van der Waals surface area contributed by atoms with Gasteiger partial charge in [-0.3, -0.25) is 9.59 Å². The SMILES string of the molecule is CCNC(=NCc1cccc(NC(=O)C2CCCC2)c1)NC1CCN(C(=O)CC)C1. The standard InChI is InChI=1S/C23H35N5O2/c1-3-21(29)28-13-12-20(16-28)27-23(24-4-2)25-15-17-8-7-11-19(14-17)26-22(30)18-9-5-6-10-18/h7-8,11,14,18,20H,3-6,9-10,12-13,15-16H2,1-2H3,(H,26,30)(H2,24,25,27). The highest BCUT2D eigenvalue weighted by Gasteiger charge is 2.26. The number of hydrogen-bond acceptors (Lipinski definition) is 3. The minimum atomic E-state index is 0.135. The molecule has 1 unspecified atom stereocenters. The number of likely N-dealkylation sites (tertiary alicyclic amines) is 1. The molecule has 1 aliphatic carbocycles. The van der Waals surface area contributed by atoms with Crippen LogP contribution >= 0.6 is 0 Å². The van der Waals surface area contributed by atoms with E-state index in [4.69, 9.17) is 4.99 Å². The van der Waals surface area contributed by atoms with Gasteiger partial charge in [-0.05, 0) is 43.9 Å². The Bertz CT molecular complexity index is 758. The van der Waals surface area contributed by atoms with Crippen molar-refractivity contribution in [2.24, 2.45) is 10.9 Å². The topological polar surface area (TPSA) is 85.8 Å². The van der Waals surface area contributed by atoms with Crippen molar-refractivity contribution >= 4 is 23.5 Å². The summed E-state index contributed by atoms with van der Waals surface area (Å²) in [5.74, 6) is 1.25. The van der Waals surface area contributed by atoms with E-state index in [1.165, 1.54) is 0 Å². The van der Waals surface area contributed by atoms with Gasteiger partial charge in [0.1, 0.15) is 0 Å². The van der Waals surface area contributed by atoms with E-state index in [0.717, 1.165) is 68.9 Å². The van der Waals surface area contributed by atoms with E-state index in [1.807, 2.05) is 43.0 Å². The van der Waals surface area contributed by atoms with Gasteiger partial charge in [0, 0.05) is 43.7 Å². The molecule has 1 aromatic rings. The van der Waals surface area contributed by atoms with Crippen molar-refractivity contribution in [2.45, 2.75) is 65.0 Å². The van der Waals surface area contributed by atoms with E-state index in [9.17, 15) is 9.59 Å². The van der Waals surface area contributed by atoms with Crippen LogP contribution in [0.2, 0.25) is 0 Å². The molecular weight excluding hydrogens is 378 g/mol. The molecule has 1 atom stereocenters. The molecule has 0 bridgehead atoms. The number of carbonyl (C=O) groups excluding carboxylic acids is 2. The van der Waals surface area contributed by atoms with Crippen molar-refractivity contribution in [3.63, 3.8) is 0 Å². The van der Waals surface area contributed by atoms with Gasteiger partial charge in [-0.2, -0.15) is 0 Å². The molecule has 7 heteroatoms. The molecule has 0 radical (unpaired) electrons.